The molecule has 0 bridgehead atoms. The van der Waals surface area contributed by atoms with Crippen molar-refractivity contribution in [1.29, 1.82) is 0 Å². The Morgan fingerprint density at radius 3 is 2.82 bits per heavy atom. The number of nitrogens with zero attached hydrogens (tertiary/aromatic N) is 1. The molecule has 0 amide bonds. The molecule has 0 aliphatic carbocycles. The number of aromatic amines is 1. The third-order valence-corrected chi connectivity index (χ3v) is 2.72. The van der Waals surface area contributed by atoms with Crippen LogP contribution in [-0.2, 0) is 0 Å². The fraction of sp³-hybridized carbons (Fsp3) is 0. The molecule has 0 saturated carbocycles. The van der Waals surface area contributed by atoms with Crippen LogP contribution >= 0.6 is 0 Å². The number of nitrogens with one attached hydrogen (secondary N) is 1. The van der Waals surface area contributed by atoms with Gasteiger partial charge in [0.2, 0.25) is 0 Å². The summed E-state index contributed by atoms with van der Waals surface area (Å²) in [6.07, 6.45) is 3.32. The second-order valence-electron chi connectivity index (χ2n) is 3.84. The van der Waals surface area contributed by atoms with Gasteiger partial charge in [0.1, 0.15) is 5.82 Å². The Morgan fingerprint density at radius 2 is 2.06 bits per heavy atom. The molecule has 3 N–H and O–H groups in total. The van der Waals surface area contributed by atoms with Crippen molar-refractivity contribution in [2.45, 2.75) is 0 Å². The molecule has 3 aromatic rings. The largest absolute Gasteiger partial charge is 0.397 e. The third kappa shape index (κ3) is 1.54. The van der Waals surface area contributed by atoms with Gasteiger partial charge < -0.3 is 10.7 Å². The highest BCUT2D eigenvalue weighted by Crippen LogP contribution is 2.29. The Kier molecular flexibility index (Phi) is 2.08. The van der Waals surface area contributed by atoms with E-state index in [1.807, 2.05) is 6.07 Å². The Hall–Kier alpha value is -2.36. The van der Waals surface area contributed by atoms with Crippen molar-refractivity contribution in [2.24, 2.45) is 0 Å². The van der Waals surface area contributed by atoms with Gasteiger partial charge in [-0.15, -0.1) is 0 Å². The van der Waals surface area contributed by atoms with E-state index in [1.54, 1.807) is 30.6 Å². The van der Waals surface area contributed by atoms with Crippen LogP contribution in [0.4, 0.5) is 10.1 Å². The molecule has 1 aromatic carbocycles. The van der Waals surface area contributed by atoms with E-state index >= 15 is 0 Å². The van der Waals surface area contributed by atoms with Crippen LogP contribution in [0, 0.1) is 5.82 Å². The van der Waals surface area contributed by atoms with Crippen LogP contribution in [0.5, 0.6) is 0 Å². The molecule has 0 radical (unpaired) electrons. The number of halogens is 1. The first-order chi connectivity index (χ1) is 8.25. The first-order valence-electron chi connectivity index (χ1n) is 5.23. The summed E-state index contributed by atoms with van der Waals surface area (Å²) in [6.45, 7) is 0. The molecule has 4 heteroatoms. The van der Waals surface area contributed by atoms with Gasteiger partial charge in [-0.1, -0.05) is 6.07 Å². The van der Waals surface area contributed by atoms with Gasteiger partial charge in [-0.3, -0.25) is 4.98 Å². The lowest BCUT2D eigenvalue weighted by Gasteiger charge is -2.00. The number of nitrogen functional groups attached to an aromatic ring is 1. The SMILES string of the molecule is Nc1ccc(-c2c[nH]c3cccc(F)c23)nc1. The minimum Gasteiger partial charge on any atom is -0.397 e. The van der Waals surface area contributed by atoms with Gasteiger partial charge in [-0.2, -0.15) is 0 Å². The summed E-state index contributed by atoms with van der Waals surface area (Å²) in [5.41, 5.74) is 8.39. The molecule has 2 aromatic heterocycles. The standard InChI is InChI=1S/C13H10FN3/c14-10-2-1-3-12-13(10)9(7-17-12)11-5-4-8(15)6-16-11/h1-7,17H,15H2. The zero-order valence-electron chi connectivity index (χ0n) is 8.94. The quantitative estimate of drug-likeness (QED) is 0.671. The maximum Gasteiger partial charge on any atom is 0.133 e. The molecular weight excluding hydrogens is 217 g/mol. The van der Waals surface area contributed by atoms with Crippen LogP contribution in [0.1, 0.15) is 0 Å². The number of fused-ring (bicyclic) bond motifs is 1. The predicted molar refractivity (Wildman–Crippen MR) is 65.9 cm³/mol. The summed E-state index contributed by atoms with van der Waals surface area (Å²) in [5.74, 6) is -0.252. The maximum absolute atomic E-state index is 13.8. The molecular formula is C13H10FN3. The highest BCUT2D eigenvalue weighted by Gasteiger charge is 2.10. The number of H-pyrrole nitrogens is 1. The molecule has 0 saturated heterocycles. The van der Waals surface area contributed by atoms with E-state index in [-0.39, 0.29) is 5.82 Å². The lowest BCUT2D eigenvalue weighted by atomic mass is 10.1. The van der Waals surface area contributed by atoms with E-state index in [4.69, 9.17) is 5.73 Å². The zero-order chi connectivity index (χ0) is 11.8. The number of anilines is 1. The van der Waals surface area contributed by atoms with Gasteiger partial charge in [0.25, 0.3) is 0 Å². The summed E-state index contributed by atoms with van der Waals surface area (Å²) in [4.78, 5) is 7.23. The summed E-state index contributed by atoms with van der Waals surface area (Å²) in [7, 11) is 0. The van der Waals surface area contributed by atoms with Gasteiger partial charge in [0, 0.05) is 22.7 Å². The highest BCUT2D eigenvalue weighted by molar-refractivity contribution is 5.95. The third-order valence-electron chi connectivity index (χ3n) is 2.72. The number of hydrogen-bond acceptors (Lipinski definition) is 2. The average Bonchev–Trinajstić information content (AvgIpc) is 2.75. The fourth-order valence-corrected chi connectivity index (χ4v) is 1.91. The number of aromatic nitrogens is 2. The lowest BCUT2D eigenvalue weighted by Crippen LogP contribution is -1.88. The minimum absolute atomic E-state index is 0.252. The van der Waals surface area contributed by atoms with Crippen molar-refractivity contribution < 1.29 is 4.39 Å². The smallest absolute Gasteiger partial charge is 0.133 e. The number of nitrogens with two attached hydrogens (primary N) is 1. The molecule has 0 aliphatic heterocycles. The van der Waals surface area contributed by atoms with Crippen LogP contribution in [0.25, 0.3) is 22.2 Å². The Balaban J connectivity index is 2.27. The molecule has 0 aliphatic rings. The Bertz CT molecular complexity index is 671. The van der Waals surface area contributed by atoms with Crippen molar-refractivity contribution in [3.63, 3.8) is 0 Å². The monoisotopic (exact) mass is 227 g/mol. The van der Waals surface area contributed by atoms with Gasteiger partial charge in [0.15, 0.2) is 0 Å². The van der Waals surface area contributed by atoms with Crippen LogP contribution < -0.4 is 5.73 Å². The molecule has 2 heterocycles. The number of rotatable bonds is 1. The fourth-order valence-electron chi connectivity index (χ4n) is 1.91. The molecule has 0 fully saturated rings. The van der Waals surface area contributed by atoms with E-state index in [0.717, 1.165) is 11.1 Å². The van der Waals surface area contributed by atoms with Crippen LogP contribution in [-0.4, -0.2) is 9.97 Å². The molecule has 0 spiro atoms. The highest BCUT2D eigenvalue weighted by atomic mass is 19.1. The van der Waals surface area contributed by atoms with Crippen molar-refractivity contribution >= 4 is 16.6 Å². The second kappa shape index (κ2) is 3.59. The molecule has 0 atom stereocenters. The van der Waals surface area contributed by atoms with Crippen LogP contribution in [0.3, 0.4) is 0 Å². The van der Waals surface area contributed by atoms with E-state index < -0.39 is 0 Å². The van der Waals surface area contributed by atoms with Crippen LogP contribution in [0.2, 0.25) is 0 Å². The van der Waals surface area contributed by atoms with Gasteiger partial charge in [-0.05, 0) is 24.3 Å². The normalized spacial score (nSPS) is 10.9. The van der Waals surface area contributed by atoms with E-state index in [2.05, 4.69) is 9.97 Å². The number of benzene rings is 1. The maximum atomic E-state index is 13.8. The molecule has 17 heavy (non-hydrogen) atoms. The van der Waals surface area contributed by atoms with Gasteiger partial charge in [-0.25, -0.2) is 4.39 Å². The van der Waals surface area contributed by atoms with Crippen molar-refractivity contribution in [3.8, 4) is 11.3 Å². The topological polar surface area (TPSA) is 54.7 Å². The molecule has 84 valence electrons. The van der Waals surface area contributed by atoms with Gasteiger partial charge in [0.05, 0.1) is 17.6 Å². The molecule has 3 rings (SSSR count). The first kappa shape index (κ1) is 9.84. The van der Waals surface area contributed by atoms with E-state index in [1.165, 1.54) is 6.07 Å². The van der Waals surface area contributed by atoms with E-state index in [9.17, 15) is 4.39 Å². The first-order valence-corrected chi connectivity index (χ1v) is 5.23. The van der Waals surface area contributed by atoms with Gasteiger partial charge >= 0.3 is 0 Å². The second-order valence-corrected chi connectivity index (χ2v) is 3.84. The minimum atomic E-state index is -0.252. The number of pyridine rings is 1. The van der Waals surface area contributed by atoms with Crippen molar-refractivity contribution in [3.05, 3.63) is 48.5 Å². The summed E-state index contributed by atoms with van der Waals surface area (Å²) < 4.78 is 13.8. The molecule has 0 unspecified atom stereocenters. The summed E-state index contributed by atoms with van der Waals surface area (Å²) in [6, 6.07) is 8.48. The Labute approximate surface area is 97.1 Å². The van der Waals surface area contributed by atoms with E-state index in [0.29, 0.717) is 16.8 Å². The zero-order valence-corrected chi connectivity index (χ0v) is 8.94. The number of hydrogen-bond donors (Lipinski definition) is 2. The Morgan fingerprint density at radius 1 is 1.18 bits per heavy atom. The van der Waals surface area contributed by atoms with Crippen LogP contribution in [0.15, 0.2) is 42.7 Å². The van der Waals surface area contributed by atoms with Crippen molar-refractivity contribution in [2.75, 3.05) is 5.73 Å². The predicted octanol–water partition coefficient (Wildman–Crippen LogP) is 2.95. The molecule has 3 nitrogen and oxygen atoms in total. The summed E-state index contributed by atoms with van der Waals surface area (Å²) in [5, 5.41) is 0.560. The lowest BCUT2D eigenvalue weighted by molar-refractivity contribution is 0.640. The van der Waals surface area contributed by atoms with Crippen molar-refractivity contribution in [1.82, 2.24) is 9.97 Å². The summed E-state index contributed by atoms with van der Waals surface area (Å²) >= 11 is 0. The average molecular weight is 227 g/mol.